The van der Waals surface area contributed by atoms with E-state index in [-0.39, 0.29) is 23.7 Å². The highest BCUT2D eigenvalue weighted by atomic mass is 16.5. The molecule has 1 aromatic carbocycles. The molecule has 4 nitrogen and oxygen atoms in total. The monoisotopic (exact) mass is 289 g/mol. The molecule has 1 fully saturated rings. The number of rotatable bonds is 4. The summed E-state index contributed by atoms with van der Waals surface area (Å²) in [6.07, 6.45) is 2.19. The fraction of sp³-hybridized carbons (Fsp3) is 0.529. The zero-order valence-corrected chi connectivity index (χ0v) is 12.7. The van der Waals surface area contributed by atoms with Gasteiger partial charge in [0.15, 0.2) is 0 Å². The van der Waals surface area contributed by atoms with Crippen molar-refractivity contribution in [2.24, 2.45) is 5.92 Å². The van der Waals surface area contributed by atoms with Gasteiger partial charge in [-0.05, 0) is 24.8 Å². The first kappa shape index (κ1) is 15.5. The summed E-state index contributed by atoms with van der Waals surface area (Å²) in [6.45, 7) is 3.32. The maximum atomic E-state index is 12.7. The normalized spacial score (nSPS) is 17.3. The smallest absolute Gasteiger partial charge is 0.308 e. The summed E-state index contributed by atoms with van der Waals surface area (Å²) >= 11 is 0. The van der Waals surface area contributed by atoms with Crippen molar-refractivity contribution in [2.45, 2.75) is 32.1 Å². The van der Waals surface area contributed by atoms with E-state index in [2.05, 4.69) is 0 Å². The van der Waals surface area contributed by atoms with Crippen molar-refractivity contribution in [3.63, 3.8) is 0 Å². The van der Waals surface area contributed by atoms with Crippen molar-refractivity contribution < 1.29 is 14.3 Å². The highest BCUT2D eigenvalue weighted by Gasteiger charge is 2.31. The molecule has 1 saturated heterocycles. The van der Waals surface area contributed by atoms with E-state index in [1.807, 2.05) is 42.2 Å². The summed E-state index contributed by atoms with van der Waals surface area (Å²) in [7, 11) is 1.42. The SMILES string of the molecule is CCC(C(=O)N1CCC(C(=O)OC)CC1)c1ccccc1. The van der Waals surface area contributed by atoms with E-state index in [0.717, 1.165) is 12.0 Å². The van der Waals surface area contributed by atoms with Crippen LogP contribution in [-0.2, 0) is 14.3 Å². The van der Waals surface area contributed by atoms with Gasteiger partial charge < -0.3 is 9.64 Å². The lowest BCUT2D eigenvalue weighted by Gasteiger charge is -2.33. The summed E-state index contributed by atoms with van der Waals surface area (Å²) < 4.78 is 4.78. The van der Waals surface area contributed by atoms with Gasteiger partial charge in [0.25, 0.3) is 0 Å². The topological polar surface area (TPSA) is 46.6 Å². The van der Waals surface area contributed by atoms with E-state index < -0.39 is 0 Å². The number of carbonyl (C=O) groups excluding carboxylic acids is 2. The number of nitrogens with zero attached hydrogens (tertiary/aromatic N) is 1. The van der Waals surface area contributed by atoms with Gasteiger partial charge in [0.05, 0.1) is 18.9 Å². The molecule has 1 heterocycles. The lowest BCUT2D eigenvalue weighted by atomic mass is 9.92. The van der Waals surface area contributed by atoms with E-state index in [9.17, 15) is 9.59 Å². The number of ether oxygens (including phenoxy) is 1. The first-order valence-corrected chi connectivity index (χ1v) is 7.59. The van der Waals surface area contributed by atoms with Crippen LogP contribution >= 0.6 is 0 Å². The zero-order valence-electron chi connectivity index (χ0n) is 12.7. The van der Waals surface area contributed by atoms with Crippen molar-refractivity contribution in [1.29, 1.82) is 0 Å². The summed E-state index contributed by atoms with van der Waals surface area (Å²) in [5, 5.41) is 0. The van der Waals surface area contributed by atoms with Crippen LogP contribution < -0.4 is 0 Å². The van der Waals surface area contributed by atoms with Gasteiger partial charge in [-0.1, -0.05) is 37.3 Å². The predicted octanol–water partition coefficient (Wildman–Crippen LogP) is 2.59. The molecule has 0 saturated carbocycles. The zero-order chi connectivity index (χ0) is 15.2. The number of hydrogen-bond donors (Lipinski definition) is 0. The maximum absolute atomic E-state index is 12.7. The molecule has 0 bridgehead atoms. The molecule has 2 rings (SSSR count). The third-order valence-electron chi connectivity index (χ3n) is 4.25. The Morgan fingerprint density at radius 3 is 2.38 bits per heavy atom. The van der Waals surface area contributed by atoms with E-state index >= 15 is 0 Å². The average Bonchev–Trinajstić information content (AvgIpc) is 2.56. The highest BCUT2D eigenvalue weighted by Crippen LogP contribution is 2.25. The molecule has 0 aliphatic carbocycles. The van der Waals surface area contributed by atoms with Crippen LogP contribution in [0.3, 0.4) is 0 Å². The van der Waals surface area contributed by atoms with Crippen LogP contribution in [0, 0.1) is 5.92 Å². The Morgan fingerprint density at radius 1 is 1.24 bits per heavy atom. The number of hydrogen-bond acceptors (Lipinski definition) is 3. The number of likely N-dealkylation sites (tertiary alicyclic amines) is 1. The fourth-order valence-corrected chi connectivity index (χ4v) is 2.96. The number of piperidine rings is 1. The minimum atomic E-state index is -0.155. The molecule has 0 radical (unpaired) electrons. The lowest BCUT2D eigenvalue weighted by molar-refractivity contribution is -0.149. The number of benzene rings is 1. The van der Waals surface area contributed by atoms with Crippen LogP contribution in [0.2, 0.25) is 0 Å². The van der Waals surface area contributed by atoms with E-state index in [0.29, 0.717) is 25.9 Å². The number of amides is 1. The third-order valence-corrected chi connectivity index (χ3v) is 4.25. The molecule has 4 heteroatoms. The lowest BCUT2D eigenvalue weighted by Crippen LogP contribution is -2.42. The Balaban J connectivity index is 1.99. The van der Waals surface area contributed by atoms with Gasteiger partial charge in [0.2, 0.25) is 5.91 Å². The quantitative estimate of drug-likeness (QED) is 0.800. The number of esters is 1. The van der Waals surface area contributed by atoms with E-state index in [1.165, 1.54) is 7.11 Å². The number of methoxy groups -OCH3 is 1. The van der Waals surface area contributed by atoms with Crippen molar-refractivity contribution >= 4 is 11.9 Å². The molecule has 0 spiro atoms. The van der Waals surface area contributed by atoms with Crippen LogP contribution in [0.25, 0.3) is 0 Å². The highest BCUT2D eigenvalue weighted by molar-refractivity contribution is 5.84. The second-order valence-electron chi connectivity index (χ2n) is 5.49. The van der Waals surface area contributed by atoms with Crippen LogP contribution in [0.15, 0.2) is 30.3 Å². The molecule has 1 amide bonds. The van der Waals surface area contributed by atoms with Crippen molar-refractivity contribution in [3.8, 4) is 0 Å². The second-order valence-corrected chi connectivity index (χ2v) is 5.49. The molecule has 114 valence electrons. The molecule has 1 atom stereocenters. The number of carbonyl (C=O) groups is 2. The standard InChI is InChI=1S/C17H23NO3/c1-3-15(13-7-5-4-6-8-13)16(19)18-11-9-14(10-12-18)17(20)21-2/h4-8,14-15H,3,9-12H2,1-2H3. The van der Waals surface area contributed by atoms with Crippen LogP contribution in [0.4, 0.5) is 0 Å². The Hall–Kier alpha value is -1.84. The van der Waals surface area contributed by atoms with Gasteiger partial charge in [0.1, 0.15) is 0 Å². The summed E-state index contributed by atoms with van der Waals surface area (Å²) in [5.74, 6) is -0.124. The molecule has 1 unspecified atom stereocenters. The second kappa shape index (κ2) is 7.25. The van der Waals surface area contributed by atoms with Gasteiger partial charge in [-0.2, -0.15) is 0 Å². The molecule has 0 N–H and O–H groups in total. The fourth-order valence-electron chi connectivity index (χ4n) is 2.96. The van der Waals surface area contributed by atoms with Gasteiger partial charge in [-0.25, -0.2) is 0 Å². The van der Waals surface area contributed by atoms with Gasteiger partial charge >= 0.3 is 5.97 Å². The summed E-state index contributed by atoms with van der Waals surface area (Å²) in [5.41, 5.74) is 1.07. The van der Waals surface area contributed by atoms with Gasteiger partial charge in [-0.15, -0.1) is 0 Å². The first-order chi connectivity index (χ1) is 10.2. The molecular weight excluding hydrogens is 266 g/mol. The van der Waals surface area contributed by atoms with Crippen LogP contribution in [0.5, 0.6) is 0 Å². The Morgan fingerprint density at radius 2 is 1.86 bits per heavy atom. The predicted molar refractivity (Wildman–Crippen MR) is 80.8 cm³/mol. The molecule has 1 aliphatic rings. The summed E-state index contributed by atoms with van der Waals surface area (Å²) in [4.78, 5) is 26.1. The van der Waals surface area contributed by atoms with E-state index in [4.69, 9.17) is 4.74 Å². The van der Waals surface area contributed by atoms with Crippen LogP contribution in [-0.4, -0.2) is 37.0 Å². The molecule has 0 aromatic heterocycles. The van der Waals surface area contributed by atoms with Crippen molar-refractivity contribution in [2.75, 3.05) is 20.2 Å². The largest absolute Gasteiger partial charge is 0.469 e. The minimum Gasteiger partial charge on any atom is -0.469 e. The van der Waals surface area contributed by atoms with Crippen molar-refractivity contribution in [3.05, 3.63) is 35.9 Å². The molecule has 21 heavy (non-hydrogen) atoms. The average molecular weight is 289 g/mol. The third kappa shape index (κ3) is 3.63. The van der Waals surface area contributed by atoms with Gasteiger partial charge in [0, 0.05) is 13.1 Å². The Labute approximate surface area is 126 Å². The van der Waals surface area contributed by atoms with Gasteiger partial charge in [-0.3, -0.25) is 9.59 Å². The maximum Gasteiger partial charge on any atom is 0.308 e. The molecular formula is C17H23NO3. The molecule has 1 aliphatic heterocycles. The van der Waals surface area contributed by atoms with E-state index in [1.54, 1.807) is 0 Å². The molecule has 1 aromatic rings. The van der Waals surface area contributed by atoms with Crippen molar-refractivity contribution in [1.82, 2.24) is 4.90 Å². The Bertz CT molecular complexity index is 478. The summed E-state index contributed by atoms with van der Waals surface area (Å²) in [6, 6.07) is 9.91. The van der Waals surface area contributed by atoms with Crippen LogP contribution in [0.1, 0.15) is 37.7 Å². The first-order valence-electron chi connectivity index (χ1n) is 7.59. The minimum absolute atomic E-state index is 0.0594. The Kier molecular flexibility index (Phi) is 5.37.